The molecule has 5 aromatic rings. The number of ether oxygens (including phenoxy) is 1. The largest absolute Gasteiger partial charge is 0.443 e. The van der Waals surface area contributed by atoms with E-state index < -0.39 is 11.7 Å². The van der Waals surface area contributed by atoms with Crippen LogP contribution in [-0.2, 0) is 11.8 Å². The van der Waals surface area contributed by atoms with Crippen LogP contribution >= 0.6 is 11.6 Å². The van der Waals surface area contributed by atoms with Crippen molar-refractivity contribution in [1.29, 1.82) is 0 Å². The number of halogens is 1. The predicted octanol–water partition coefficient (Wildman–Crippen LogP) is 7.90. The van der Waals surface area contributed by atoms with Crippen molar-refractivity contribution in [1.82, 2.24) is 9.13 Å². The first-order valence-electron chi connectivity index (χ1n) is 10.9. The molecular weight excluding hydrogens is 432 g/mol. The molecule has 0 saturated carbocycles. The van der Waals surface area contributed by atoms with E-state index >= 15 is 0 Å². The second-order valence-corrected chi connectivity index (χ2v) is 9.65. The number of benzene rings is 3. The highest BCUT2D eigenvalue weighted by Crippen LogP contribution is 2.43. The number of aromatic nitrogens is 2. The molecule has 0 radical (unpaired) electrons. The number of nitrogens with zero attached hydrogens (tertiary/aromatic N) is 2. The third-order valence-electron chi connectivity index (χ3n) is 5.75. The maximum absolute atomic E-state index is 13.5. The molecule has 0 amide bonds. The van der Waals surface area contributed by atoms with E-state index in [-0.39, 0.29) is 0 Å². The molecule has 0 unspecified atom stereocenters. The Morgan fingerprint density at radius 3 is 2.30 bits per heavy atom. The van der Waals surface area contributed by atoms with Gasteiger partial charge in [-0.05, 0) is 56.7 Å². The van der Waals surface area contributed by atoms with Gasteiger partial charge in [0.15, 0.2) is 0 Å². The Kier molecular flexibility index (Phi) is 5.06. The van der Waals surface area contributed by atoms with Gasteiger partial charge in [-0.25, -0.2) is 9.36 Å². The molecule has 2 aromatic heterocycles. The van der Waals surface area contributed by atoms with Crippen molar-refractivity contribution in [2.75, 3.05) is 0 Å². The summed E-state index contributed by atoms with van der Waals surface area (Å²) in [5.74, 6) is 0. The molecule has 0 spiro atoms. The normalized spacial score (nSPS) is 11.9. The smallest absolute Gasteiger partial charge is 0.419 e. The van der Waals surface area contributed by atoms with E-state index in [0.717, 1.165) is 44.3 Å². The summed E-state index contributed by atoms with van der Waals surface area (Å²) in [6.45, 7) is 5.63. The summed E-state index contributed by atoms with van der Waals surface area (Å²) in [6, 6.07) is 26.0. The second-order valence-electron chi connectivity index (χ2n) is 9.21. The minimum atomic E-state index is -0.621. The number of hydrogen-bond donors (Lipinski definition) is 0. The monoisotopic (exact) mass is 456 g/mol. The van der Waals surface area contributed by atoms with Crippen LogP contribution in [-0.4, -0.2) is 20.8 Å². The fraction of sp³-hybridized carbons (Fsp3) is 0.179. The van der Waals surface area contributed by atoms with Crippen LogP contribution in [0.4, 0.5) is 4.79 Å². The highest BCUT2D eigenvalue weighted by molar-refractivity contribution is 6.31. The lowest BCUT2D eigenvalue weighted by molar-refractivity contribution is 0.0547. The van der Waals surface area contributed by atoms with Gasteiger partial charge in [0.25, 0.3) is 0 Å². The van der Waals surface area contributed by atoms with Crippen LogP contribution in [0.5, 0.6) is 0 Å². The average molecular weight is 457 g/mol. The molecule has 33 heavy (non-hydrogen) atoms. The van der Waals surface area contributed by atoms with E-state index in [0.29, 0.717) is 5.02 Å². The summed E-state index contributed by atoms with van der Waals surface area (Å²) in [5, 5.41) is 2.60. The minimum Gasteiger partial charge on any atom is -0.443 e. The summed E-state index contributed by atoms with van der Waals surface area (Å²) in [5.41, 5.74) is 5.02. The zero-order valence-corrected chi connectivity index (χ0v) is 19.9. The Morgan fingerprint density at radius 1 is 0.879 bits per heavy atom. The molecule has 5 rings (SSSR count). The highest BCUT2D eigenvalue weighted by atomic mass is 35.5. The Hall–Kier alpha value is -3.50. The number of para-hydroxylation sites is 1. The van der Waals surface area contributed by atoms with Gasteiger partial charge in [0.1, 0.15) is 5.60 Å². The van der Waals surface area contributed by atoms with Crippen LogP contribution in [0.25, 0.3) is 44.3 Å². The minimum absolute atomic E-state index is 0.406. The topological polar surface area (TPSA) is 36.2 Å². The molecule has 0 saturated heterocycles. The summed E-state index contributed by atoms with van der Waals surface area (Å²) in [7, 11) is 2.04. The number of hydrogen-bond acceptors (Lipinski definition) is 2. The molecule has 4 nitrogen and oxygen atoms in total. The first-order valence-corrected chi connectivity index (χ1v) is 11.3. The van der Waals surface area contributed by atoms with Crippen LogP contribution in [0.3, 0.4) is 0 Å². The molecule has 5 heteroatoms. The number of aryl methyl sites for hydroxylation is 1. The number of fused-ring (bicyclic) bond motifs is 2. The van der Waals surface area contributed by atoms with E-state index in [4.69, 9.17) is 16.3 Å². The quantitative estimate of drug-likeness (QED) is 0.270. The molecular formula is C28H25ClN2O2. The lowest BCUT2D eigenvalue weighted by atomic mass is 10.0. The maximum atomic E-state index is 13.5. The Bertz CT molecular complexity index is 1500. The van der Waals surface area contributed by atoms with E-state index in [1.165, 1.54) is 0 Å². The van der Waals surface area contributed by atoms with Gasteiger partial charge in [0.2, 0.25) is 0 Å². The van der Waals surface area contributed by atoms with Crippen LogP contribution < -0.4 is 0 Å². The van der Waals surface area contributed by atoms with Gasteiger partial charge in [-0.2, -0.15) is 0 Å². The fourth-order valence-corrected chi connectivity index (χ4v) is 4.63. The zero-order chi connectivity index (χ0) is 23.3. The van der Waals surface area contributed by atoms with Gasteiger partial charge in [0.05, 0.1) is 16.9 Å². The Labute approximate surface area is 198 Å². The molecule has 166 valence electrons. The van der Waals surface area contributed by atoms with E-state index in [2.05, 4.69) is 22.8 Å². The zero-order valence-electron chi connectivity index (χ0n) is 19.1. The van der Waals surface area contributed by atoms with E-state index in [9.17, 15) is 4.79 Å². The molecule has 0 bridgehead atoms. The van der Waals surface area contributed by atoms with Gasteiger partial charge in [-0.3, -0.25) is 0 Å². The molecule has 0 atom stereocenters. The van der Waals surface area contributed by atoms with Crippen LogP contribution in [0.15, 0.2) is 78.9 Å². The van der Waals surface area contributed by atoms with Crippen molar-refractivity contribution < 1.29 is 9.53 Å². The lowest BCUT2D eigenvalue weighted by Crippen LogP contribution is -2.27. The molecule has 3 aromatic carbocycles. The molecule has 0 aliphatic heterocycles. The Balaban J connectivity index is 1.91. The highest BCUT2D eigenvalue weighted by Gasteiger charge is 2.27. The average Bonchev–Trinajstić information content (AvgIpc) is 3.28. The third-order valence-corrected chi connectivity index (χ3v) is 5.99. The van der Waals surface area contributed by atoms with Crippen molar-refractivity contribution >= 4 is 39.5 Å². The van der Waals surface area contributed by atoms with Gasteiger partial charge >= 0.3 is 6.09 Å². The molecule has 0 aliphatic carbocycles. The fourth-order valence-electron chi connectivity index (χ4n) is 4.45. The van der Waals surface area contributed by atoms with E-state index in [1.807, 2.05) is 88.5 Å². The first kappa shape index (κ1) is 21.4. The van der Waals surface area contributed by atoms with Crippen LogP contribution in [0.2, 0.25) is 5.02 Å². The van der Waals surface area contributed by atoms with E-state index in [1.54, 1.807) is 4.57 Å². The second kappa shape index (κ2) is 7.82. The number of rotatable bonds is 2. The van der Waals surface area contributed by atoms with Crippen molar-refractivity contribution in [3.8, 4) is 22.5 Å². The molecule has 0 fully saturated rings. The SMILES string of the molecule is Cn1c(-c2ccccc2)c(-c2cc3ccccc3n2C(=O)OC(C)(C)C)c2cc(Cl)ccc21. The maximum Gasteiger partial charge on any atom is 0.419 e. The standard InChI is InChI=1S/C28H25ClN2O2/c1-28(2,3)33-27(32)31-22-13-9-8-12-19(22)16-24(31)25-21-17-20(29)14-15-23(21)30(4)26(25)18-10-6-5-7-11-18/h5-17H,1-4H3. The number of carbonyl (C=O) groups excluding carboxylic acids is 1. The Morgan fingerprint density at radius 2 is 1.58 bits per heavy atom. The summed E-state index contributed by atoms with van der Waals surface area (Å²) in [4.78, 5) is 13.5. The van der Waals surface area contributed by atoms with Crippen LogP contribution in [0, 0.1) is 0 Å². The predicted molar refractivity (Wildman–Crippen MR) is 136 cm³/mol. The first-order chi connectivity index (χ1) is 15.7. The van der Waals surface area contributed by atoms with Crippen molar-refractivity contribution in [3.63, 3.8) is 0 Å². The van der Waals surface area contributed by atoms with Gasteiger partial charge in [0, 0.05) is 33.9 Å². The summed E-state index contributed by atoms with van der Waals surface area (Å²) < 4.78 is 9.68. The third kappa shape index (κ3) is 3.70. The number of carbonyl (C=O) groups is 1. The lowest BCUT2D eigenvalue weighted by Gasteiger charge is -2.21. The van der Waals surface area contributed by atoms with Crippen molar-refractivity contribution in [2.24, 2.45) is 7.05 Å². The van der Waals surface area contributed by atoms with Crippen LogP contribution in [0.1, 0.15) is 20.8 Å². The van der Waals surface area contributed by atoms with Crippen molar-refractivity contribution in [2.45, 2.75) is 26.4 Å². The molecule has 2 heterocycles. The van der Waals surface area contributed by atoms with Crippen molar-refractivity contribution in [3.05, 3.63) is 83.9 Å². The summed E-state index contributed by atoms with van der Waals surface area (Å²) in [6.07, 6.45) is -0.406. The van der Waals surface area contributed by atoms with Gasteiger partial charge < -0.3 is 9.30 Å². The van der Waals surface area contributed by atoms with Gasteiger partial charge in [-0.1, -0.05) is 60.1 Å². The van der Waals surface area contributed by atoms with Gasteiger partial charge in [-0.15, -0.1) is 0 Å². The summed E-state index contributed by atoms with van der Waals surface area (Å²) >= 11 is 6.45. The molecule has 0 aliphatic rings. The molecule has 0 N–H and O–H groups in total.